The van der Waals surface area contributed by atoms with E-state index in [0.29, 0.717) is 23.6 Å². The molecular weight excluding hydrogens is 277 g/mol. The monoisotopic (exact) mass is 293 g/mol. The molecule has 0 unspecified atom stereocenters. The van der Waals surface area contributed by atoms with Crippen LogP contribution in [0.1, 0.15) is 5.56 Å². The van der Waals surface area contributed by atoms with Gasteiger partial charge < -0.3 is 10.5 Å². The van der Waals surface area contributed by atoms with Gasteiger partial charge in [-0.2, -0.15) is 0 Å². The molecule has 0 atom stereocenters. The van der Waals surface area contributed by atoms with E-state index in [2.05, 4.69) is 0 Å². The Morgan fingerprint density at radius 3 is 2.27 bits per heavy atom. The number of anilines is 1. The Morgan fingerprint density at radius 1 is 0.864 bits per heavy atom. The van der Waals surface area contributed by atoms with Crippen LogP contribution in [0.25, 0.3) is 11.1 Å². The highest BCUT2D eigenvalue weighted by Crippen LogP contribution is 2.27. The van der Waals surface area contributed by atoms with Crippen LogP contribution >= 0.6 is 0 Å². The first-order valence-electron chi connectivity index (χ1n) is 7.04. The lowest BCUT2D eigenvalue weighted by molar-refractivity contribution is 0.304. The van der Waals surface area contributed by atoms with Crippen molar-refractivity contribution in [3.63, 3.8) is 0 Å². The van der Waals surface area contributed by atoms with Crippen molar-refractivity contribution in [1.29, 1.82) is 0 Å². The summed E-state index contributed by atoms with van der Waals surface area (Å²) in [6, 6.07) is 21.8. The number of nitrogens with two attached hydrogens (primary N) is 1. The fourth-order valence-corrected chi connectivity index (χ4v) is 2.22. The zero-order valence-corrected chi connectivity index (χ0v) is 12.0. The third kappa shape index (κ3) is 3.26. The van der Waals surface area contributed by atoms with Crippen molar-refractivity contribution in [1.82, 2.24) is 0 Å². The Morgan fingerprint density at radius 2 is 1.59 bits per heavy atom. The minimum Gasteiger partial charge on any atom is -0.489 e. The topological polar surface area (TPSA) is 35.2 Å². The van der Waals surface area contributed by atoms with Crippen molar-refractivity contribution < 1.29 is 9.13 Å². The van der Waals surface area contributed by atoms with Crippen molar-refractivity contribution in [2.45, 2.75) is 6.61 Å². The Hall–Kier alpha value is -2.81. The van der Waals surface area contributed by atoms with Crippen molar-refractivity contribution in [2.75, 3.05) is 5.73 Å². The van der Waals surface area contributed by atoms with E-state index in [1.165, 1.54) is 6.07 Å². The van der Waals surface area contributed by atoms with Gasteiger partial charge in [-0.3, -0.25) is 0 Å². The van der Waals surface area contributed by atoms with E-state index in [-0.39, 0.29) is 5.82 Å². The quantitative estimate of drug-likeness (QED) is 0.710. The summed E-state index contributed by atoms with van der Waals surface area (Å²) in [5.74, 6) is 0.205. The molecule has 0 aliphatic rings. The molecule has 3 heteroatoms. The molecule has 3 aromatic rings. The first-order valence-corrected chi connectivity index (χ1v) is 7.04. The molecule has 0 heterocycles. The van der Waals surface area contributed by atoms with Crippen LogP contribution in [-0.2, 0) is 6.61 Å². The van der Waals surface area contributed by atoms with Gasteiger partial charge in [0.2, 0.25) is 0 Å². The van der Waals surface area contributed by atoms with Crippen molar-refractivity contribution in [3.8, 4) is 16.9 Å². The number of hydrogen-bond acceptors (Lipinski definition) is 2. The molecule has 0 fully saturated rings. The molecule has 2 nitrogen and oxygen atoms in total. The molecule has 0 aromatic heterocycles. The van der Waals surface area contributed by atoms with Gasteiger partial charge in [-0.25, -0.2) is 4.39 Å². The van der Waals surface area contributed by atoms with Crippen LogP contribution in [0.3, 0.4) is 0 Å². The van der Waals surface area contributed by atoms with Gasteiger partial charge in [-0.15, -0.1) is 0 Å². The molecule has 0 saturated carbocycles. The molecule has 0 radical (unpaired) electrons. The highest BCUT2D eigenvalue weighted by molar-refractivity contribution is 5.66. The first-order chi connectivity index (χ1) is 10.7. The Labute approximate surface area is 129 Å². The van der Waals surface area contributed by atoms with E-state index in [1.54, 1.807) is 36.4 Å². The van der Waals surface area contributed by atoms with Crippen LogP contribution in [0.5, 0.6) is 5.75 Å². The van der Waals surface area contributed by atoms with Crippen LogP contribution in [0.4, 0.5) is 10.1 Å². The zero-order valence-electron chi connectivity index (χ0n) is 12.0. The lowest BCUT2D eigenvalue weighted by atomic mass is 10.0. The van der Waals surface area contributed by atoms with Crippen LogP contribution in [-0.4, -0.2) is 0 Å². The zero-order chi connectivity index (χ0) is 15.4. The van der Waals surface area contributed by atoms with Crippen molar-refractivity contribution >= 4 is 5.69 Å². The van der Waals surface area contributed by atoms with Crippen molar-refractivity contribution in [2.24, 2.45) is 0 Å². The van der Waals surface area contributed by atoms with Crippen LogP contribution in [0.2, 0.25) is 0 Å². The lowest BCUT2D eigenvalue weighted by Gasteiger charge is -2.09. The fraction of sp³-hybridized carbons (Fsp3) is 0.0526. The maximum absolute atomic E-state index is 14.3. The second kappa shape index (κ2) is 6.31. The molecule has 2 N–H and O–H groups in total. The Balaban J connectivity index is 1.76. The van der Waals surface area contributed by atoms with Crippen LogP contribution in [0.15, 0.2) is 72.8 Å². The second-order valence-corrected chi connectivity index (χ2v) is 5.04. The summed E-state index contributed by atoms with van der Waals surface area (Å²) in [5.41, 5.74) is 8.68. The number of benzene rings is 3. The van der Waals surface area contributed by atoms with Gasteiger partial charge in [0.05, 0.1) is 0 Å². The molecule has 3 rings (SSSR count). The summed E-state index contributed by atoms with van der Waals surface area (Å²) in [6.45, 7) is 0.418. The lowest BCUT2D eigenvalue weighted by Crippen LogP contribution is -1.96. The molecule has 110 valence electrons. The molecule has 0 aliphatic heterocycles. The molecule has 0 bridgehead atoms. The van der Waals surface area contributed by atoms with Gasteiger partial charge >= 0.3 is 0 Å². The fourth-order valence-electron chi connectivity index (χ4n) is 2.22. The van der Waals surface area contributed by atoms with E-state index in [0.717, 1.165) is 11.1 Å². The molecule has 0 spiro atoms. The highest BCUT2D eigenvalue weighted by atomic mass is 19.1. The number of halogens is 1. The highest BCUT2D eigenvalue weighted by Gasteiger charge is 2.07. The normalized spacial score (nSPS) is 10.4. The van der Waals surface area contributed by atoms with E-state index >= 15 is 0 Å². The number of ether oxygens (including phenoxy) is 1. The van der Waals surface area contributed by atoms with E-state index in [9.17, 15) is 4.39 Å². The summed E-state index contributed by atoms with van der Waals surface area (Å²) in [5, 5.41) is 0. The van der Waals surface area contributed by atoms with Crippen LogP contribution in [0, 0.1) is 5.82 Å². The minimum atomic E-state index is -0.310. The van der Waals surface area contributed by atoms with Gasteiger partial charge in [-0.05, 0) is 35.4 Å². The van der Waals surface area contributed by atoms with E-state index in [1.807, 2.05) is 30.3 Å². The summed E-state index contributed by atoms with van der Waals surface area (Å²) < 4.78 is 19.9. The molecule has 0 aliphatic carbocycles. The van der Waals surface area contributed by atoms with Gasteiger partial charge in [0.25, 0.3) is 0 Å². The summed E-state index contributed by atoms with van der Waals surface area (Å²) in [6.07, 6.45) is 0. The molecule has 0 saturated heterocycles. The standard InChI is InChI=1S/C19H16FNO/c20-19-12-17(22-13-14-4-2-1-3-5-14)10-11-18(19)15-6-8-16(21)9-7-15/h1-12H,13,21H2. The Kier molecular flexibility index (Phi) is 4.05. The number of hydrogen-bond donors (Lipinski definition) is 1. The predicted molar refractivity (Wildman–Crippen MR) is 87.0 cm³/mol. The average molecular weight is 293 g/mol. The van der Waals surface area contributed by atoms with Crippen LogP contribution < -0.4 is 10.5 Å². The predicted octanol–water partition coefficient (Wildman–Crippen LogP) is 4.65. The maximum Gasteiger partial charge on any atom is 0.134 e. The molecular formula is C19H16FNO. The number of nitrogen functional groups attached to an aromatic ring is 1. The Bertz CT molecular complexity index is 754. The van der Waals surface area contributed by atoms with Gasteiger partial charge in [0, 0.05) is 17.3 Å². The van der Waals surface area contributed by atoms with Crippen molar-refractivity contribution in [3.05, 3.63) is 84.2 Å². The van der Waals surface area contributed by atoms with E-state index < -0.39 is 0 Å². The molecule has 3 aromatic carbocycles. The first kappa shape index (κ1) is 14.1. The largest absolute Gasteiger partial charge is 0.489 e. The van der Waals surface area contributed by atoms with Gasteiger partial charge in [0.15, 0.2) is 0 Å². The average Bonchev–Trinajstić information content (AvgIpc) is 2.55. The van der Waals surface area contributed by atoms with Gasteiger partial charge in [0.1, 0.15) is 18.2 Å². The third-order valence-electron chi connectivity index (χ3n) is 3.41. The summed E-state index contributed by atoms with van der Waals surface area (Å²) in [4.78, 5) is 0. The molecule has 22 heavy (non-hydrogen) atoms. The summed E-state index contributed by atoms with van der Waals surface area (Å²) >= 11 is 0. The SMILES string of the molecule is Nc1ccc(-c2ccc(OCc3ccccc3)cc2F)cc1. The van der Waals surface area contributed by atoms with Gasteiger partial charge in [-0.1, -0.05) is 42.5 Å². The minimum absolute atomic E-state index is 0.310. The smallest absolute Gasteiger partial charge is 0.134 e. The number of rotatable bonds is 4. The maximum atomic E-state index is 14.3. The second-order valence-electron chi connectivity index (χ2n) is 5.04. The van der Waals surface area contributed by atoms with E-state index in [4.69, 9.17) is 10.5 Å². The molecule has 0 amide bonds. The third-order valence-corrected chi connectivity index (χ3v) is 3.41. The summed E-state index contributed by atoms with van der Waals surface area (Å²) in [7, 11) is 0.